The van der Waals surface area contributed by atoms with Gasteiger partial charge in [-0.1, -0.05) is 24.6 Å². The van der Waals surface area contributed by atoms with Crippen molar-refractivity contribution in [3.05, 3.63) is 47.5 Å². The lowest BCUT2D eigenvalue weighted by Gasteiger charge is -2.40. The van der Waals surface area contributed by atoms with Gasteiger partial charge in [-0.25, -0.2) is 9.97 Å². The fourth-order valence-corrected chi connectivity index (χ4v) is 4.76. The third-order valence-electron chi connectivity index (χ3n) is 6.55. The minimum absolute atomic E-state index is 0.0464. The number of carbonyl (C=O) groups excluding carboxylic acids is 1. The Balaban J connectivity index is 1.24. The first-order valence-corrected chi connectivity index (χ1v) is 11.9. The zero-order chi connectivity index (χ0) is 22.9. The Bertz CT molecular complexity index is 1140. The number of hydrogen-bond acceptors (Lipinski definition) is 7. The summed E-state index contributed by atoms with van der Waals surface area (Å²) in [6.07, 6.45) is 6.27. The van der Waals surface area contributed by atoms with Gasteiger partial charge >= 0.3 is 0 Å². The SMILES string of the molecule is CCC(NC(=O)C1CN(c2nc(N3CCNCC3C)ncc2Cl)C1)c1cnc2ccccn12. The van der Waals surface area contributed by atoms with Crippen molar-refractivity contribution in [3.8, 4) is 0 Å². The van der Waals surface area contributed by atoms with Crippen LogP contribution in [0, 0.1) is 5.92 Å². The Morgan fingerprint density at radius 2 is 2.15 bits per heavy atom. The van der Waals surface area contributed by atoms with Crippen molar-refractivity contribution in [2.75, 3.05) is 42.5 Å². The number of amides is 1. The number of hydrogen-bond donors (Lipinski definition) is 2. The van der Waals surface area contributed by atoms with Crippen LogP contribution in [0.1, 0.15) is 32.0 Å². The van der Waals surface area contributed by atoms with Crippen molar-refractivity contribution in [1.29, 1.82) is 0 Å². The lowest BCUT2D eigenvalue weighted by atomic mass is 9.98. The number of piperazine rings is 1. The number of anilines is 2. The van der Waals surface area contributed by atoms with Crippen molar-refractivity contribution in [2.45, 2.75) is 32.4 Å². The molecule has 0 bridgehead atoms. The van der Waals surface area contributed by atoms with E-state index in [0.717, 1.165) is 37.4 Å². The third-order valence-corrected chi connectivity index (χ3v) is 6.82. The highest BCUT2D eigenvalue weighted by atomic mass is 35.5. The molecule has 2 aliphatic heterocycles. The highest BCUT2D eigenvalue weighted by molar-refractivity contribution is 6.32. The second-order valence-electron chi connectivity index (χ2n) is 8.77. The van der Waals surface area contributed by atoms with E-state index in [9.17, 15) is 4.79 Å². The lowest BCUT2D eigenvalue weighted by molar-refractivity contribution is -0.126. The van der Waals surface area contributed by atoms with E-state index in [1.807, 2.05) is 35.0 Å². The highest BCUT2D eigenvalue weighted by Gasteiger charge is 2.36. The molecule has 5 heterocycles. The average Bonchev–Trinajstić information content (AvgIpc) is 3.22. The van der Waals surface area contributed by atoms with Crippen molar-refractivity contribution >= 4 is 34.9 Å². The van der Waals surface area contributed by atoms with Gasteiger partial charge in [-0.05, 0) is 25.5 Å². The zero-order valence-corrected chi connectivity index (χ0v) is 19.7. The van der Waals surface area contributed by atoms with E-state index in [1.165, 1.54) is 0 Å². The molecule has 33 heavy (non-hydrogen) atoms. The second kappa shape index (κ2) is 9.15. The Labute approximate surface area is 198 Å². The van der Waals surface area contributed by atoms with Crippen LogP contribution in [0.3, 0.4) is 0 Å². The van der Waals surface area contributed by atoms with Crippen LogP contribution >= 0.6 is 11.6 Å². The van der Waals surface area contributed by atoms with Crippen LogP contribution in [-0.4, -0.2) is 64.0 Å². The van der Waals surface area contributed by atoms with Gasteiger partial charge in [0.15, 0.2) is 5.82 Å². The smallest absolute Gasteiger partial charge is 0.227 e. The van der Waals surface area contributed by atoms with E-state index in [4.69, 9.17) is 16.6 Å². The van der Waals surface area contributed by atoms with E-state index < -0.39 is 0 Å². The normalized spacial score (nSPS) is 20.0. The number of aromatic nitrogens is 4. The average molecular weight is 469 g/mol. The van der Waals surface area contributed by atoms with E-state index in [-0.39, 0.29) is 17.9 Å². The van der Waals surface area contributed by atoms with E-state index in [0.29, 0.717) is 35.9 Å². The van der Waals surface area contributed by atoms with Gasteiger partial charge in [-0.15, -0.1) is 0 Å². The molecule has 5 rings (SSSR count). The number of nitrogens with one attached hydrogen (secondary N) is 2. The molecule has 174 valence electrons. The molecule has 0 aromatic carbocycles. The summed E-state index contributed by atoms with van der Waals surface area (Å²) < 4.78 is 2.03. The molecule has 2 saturated heterocycles. The predicted molar refractivity (Wildman–Crippen MR) is 129 cm³/mol. The van der Waals surface area contributed by atoms with Crippen LogP contribution in [0.15, 0.2) is 36.8 Å². The second-order valence-corrected chi connectivity index (χ2v) is 9.18. The summed E-state index contributed by atoms with van der Waals surface area (Å²) in [4.78, 5) is 30.9. The highest BCUT2D eigenvalue weighted by Crippen LogP contribution is 2.31. The third kappa shape index (κ3) is 4.22. The molecular formula is C23H29ClN8O. The first-order chi connectivity index (χ1) is 16.0. The Morgan fingerprint density at radius 1 is 1.30 bits per heavy atom. The molecule has 2 N–H and O–H groups in total. The van der Waals surface area contributed by atoms with Crippen LogP contribution in [0.25, 0.3) is 5.65 Å². The maximum absolute atomic E-state index is 13.0. The molecule has 2 atom stereocenters. The number of pyridine rings is 1. The zero-order valence-electron chi connectivity index (χ0n) is 18.9. The summed E-state index contributed by atoms with van der Waals surface area (Å²) in [5.41, 5.74) is 1.87. The van der Waals surface area contributed by atoms with Crippen LogP contribution in [0.4, 0.5) is 11.8 Å². The predicted octanol–water partition coefficient (Wildman–Crippen LogP) is 2.28. The van der Waals surface area contributed by atoms with Gasteiger partial charge in [0.05, 0.1) is 30.0 Å². The largest absolute Gasteiger partial charge is 0.353 e. The number of nitrogens with zero attached hydrogens (tertiary/aromatic N) is 6. The lowest BCUT2D eigenvalue weighted by Crippen LogP contribution is -2.55. The number of carbonyl (C=O) groups is 1. The first-order valence-electron chi connectivity index (χ1n) is 11.5. The number of imidazole rings is 1. The van der Waals surface area contributed by atoms with Gasteiger partial charge in [0, 0.05) is 45.0 Å². The van der Waals surface area contributed by atoms with Gasteiger partial charge in [-0.2, -0.15) is 4.98 Å². The minimum Gasteiger partial charge on any atom is -0.353 e. The molecule has 10 heteroatoms. The molecule has 0 aliphatic carbocycles. The van der Waals surface area contributed by atoms with E-state index in [1.54, 1.807) is 6.20 Å². The van der Waals surface area contributed by atoms with Gasteiger partial charge < -0.3 is 24.8 Å². The summed E-state index contributed by atoms with van der Waals surface area (Å²) in [6, 6.07) is 6.11. The van der Waals surface area contributed by atoms with Crippen molar-refractivity contribution < 1.29 is 4.79 Å². The molecule has 2 fully saturated rings. The fraction of sp³-hybridized carbons (Fsp3) is 0.478. The number of halogens is 1. The fourth-order valence-electron chi connectivity index (χ4n) is 4.55. The van der Waals surface area contributed by atoms with Gasteiger partial charge in [-0.3, -0.25) is 4.79 Å². The van der Waals surface area contributed by atoms with Crippen molar-refractivity contribution in [3.63, 3.8) is 0 Å². The van der Waals surface area contributed by atoms with Gasteiger partial charge in [0.1, 0.15) is 10.7 Å². The van der Waals surface area contributed by atoms with Gasteiger partial charge in [0.25, 0.3) is 0 Å². The molecule has 2 unspecified atom stereocenters. The molecule has 0 saturated carbocycles. The molecule has 2 aliphatic rings. The van der Waals surface area contributed by atoms with E-state index in [2.05, 4.69) is 44.2 Å². The summed E-state index contributed by atoms with van der Waals surface area (Å²) in [7, 11) is 0. The molecule has 0 radical (unpaired) electrons. The molecule has 0 spiro atoms. The maximum Gasteiger partial charge on any atom is 0.227 e. The van der Waals surface area contributed by atoms with Crippen LogP contribution in [0.2, 0.25) is 5.02 Å². The van der Waals surface area contributed by atoms with Crippen LogP contribution in [0.5, 0.6) is 0 Å². The monoisotopic (exact) mass is 468 g/mol. The topological polar surface area (TPSA) is 90.7 Å². The molecule has 3 aromatic rings. The number of fused-ring (bicyclic) bond motifs is 1. The minimum atomic E-state index is -0.106. The molecule has 3 aromatic heterocycles. The number of rotatable bonds is 6. The van der Waals surface area contributed by atoms with Gasteiger partial charge in [0.2, 0.25) is 11.9 Å². The Hall–Kier alpha value is -2.91. The summed E-state index contributed by atoms with van der Waals surface area (Å²) in [6.45, 7) is 8.06. The summed E-state index contributed by atoms with van der Waals surface area (Å²) in [5, 5.41) is 7.10. The summed E-state index contributed by atoms with van der Waals surface area (Å²) >= 11 is 6.43. The van der Waals surface area contributed by atoms with E-state index >= 15 is 0 Å². The van der Waals surface area contributed by atoms with Crippen molar-refractivity contribution in [2.24, 2.45) is 5.92 Å². The molecule has 9 nitrogen and oxygen atoms in total. The van der Waals surface area contributed by atoms with Crippen LogP contribution in [-0.2, 0) is 4.79 Å². The Kier molecular flexibility index (Phi) is 6.07. The molecular weight excluding hydrogens is 440 g/mol. The summed E-state index contributed by atoms with van der Waals surface area (Å²) in [5.74, 6) is 1.33. The maximum atomic E-state index is 13.0. The Morgan fingerprint density at radius 3 is 2.94 bits per heavy atom. The van der Waals surface area contributed by atoms with Crippen LogP contribution < -0.4 is 20.4 Å². The molecule has 1 amide bonds. The quantitative estimate of drug-likeness (QED) is 0.573. The van der Waals surface area contributed by atoms with Crippen molar-refractivity contribution in [1.82, 2.24) is 30.0 Å². The first kappa shape index (κ1) is 21.9. The standard InChI is InChI=1S/C23H29ClN8O/c1-3-18(19-12-26-20-6-4-5-8-32(19)20)28-22(33)16-13-30(14-16)21-17(24)11-27-23(29-21)31-9-7-25-10-15(31)2/h4-6,8,11-12,15-16,18,25H,3,7,9-10,13-14H2,1-2H3,(H,28,33).